The summed E-state index contributed by atoms with van der Waals surface area (Å²) in [6.07, 6.45) is 0. The first-order chi connectivity index (χ1) is 9.04. The van der Waals surface area contributed by atoms with Crippen molar-refractivity contribution >= 4 is 23.7 Å². The molecule has 0 spiro atoms. The number of anilines is 2. The number of nitrogens with two attached hydrogens (primary N) is 2. The number of nitrogens with zero attached hydrogens (tertiary/aromatic N) is 3. The van der Waals surface area contributed by atoms with E-state index in [1.54, 1.807) is 23.9 Å². The van der Waals surface area contributed by atoms with E-state index in [4.69, 9.17) is 11.5 Å². The third kappa shape index (κ3) is 3.78. The highest BCUT2D eigenvalue weighted by atomic mass is 32.2. The van der Waals surface area contributed by atoms with Crippen molar-refractivity contribution in [1.82, 2.24) is 15.0 Å². The molecule has 0 aliphatic carbocycles. The minimum atomic E-state index is -0.237. The summed E-state index contributed by atoms with van der Waals surface area (Å²) in [6.45, 7) is 2.03. The van der Waals surface area contributed by atoms with Gasteiger partial charge in [-0.25, -0.2) is 4.39 Å². The Balaban J connectivity index is 1.99. The molecule has 2 aromatic rings. The van der Waals surface area contributed by atoms with Crippen LogP contribution >= 0.6 is 11.8 Å². The number of rotatable bonds is 4. The standard InChI is InChI=1S/C12H14FN5S/c1-7(8-2-4-9(13)5-3-8)19-6-10-16-11(14)18-12(15)17-10/h2-5,7H,6H2,1H3,(H4,14,15,16,17,18)/t7-/m0/s1. The lowest BCUT2D eigenvalue weighted by Gasteiger charge is -2.11. The average Bonchev–Trinajstić information content (AvgIpc) is 2.36. The van der Waals surface area contributed by atoms with Crippen LogP contribution < -0.4 is 11.5 Å². The van der Waals surface area contributed by atoms with Crippen molar-refractivity contribution in [2.24, 2.45) is 0 Å². The maximum absolute atomic E-state index is 12.8. The predicted octanol–water partition coefficient (Wildman–Crippen LogP) is 2.17. The van der Waals surface area contributed by atoms with Crippen LogP contribution in [0.25, 0.3) is 0 Å². The molecular formula is C12H14FN5S. The zero-order valence-electron chi connectivity index (χ0n) is 10.4. The van der Waals surface area contributed by atoms with Gasteiger partial charge in [0.2, 0.25) is 11.9 Å². The summed E-state index contributed by atoms with van der Waals surface area (Å²) in [5.74, 6) is 1.12. The summed E-state index contributed by atoms with van der Waals surface area (Å²) in [6, 6.07) is 6.43. The molecule has 4 N–H and O–H groups in total. The molecule has 1 heterocycles. The van der Waals surface area contributed by atoms with Gasteiger partial charge in [0.1, 0.15) is 11.6 Å². The topological polar surface area (TPSA) is 90.7 Å². The van der Waals surface area contributed by atoms with Gasteiger partial charge in [-0.05, 0) is 24.6 Å². The summed E-state index contributed by atoms with van der Waals surface area (Å²) in [5.41, 5.74) is 12.0. The Morgan fingerprint density at radius 2 is 1.68 bits per heavy atom. The van der Waals surface area contributed by atoms with E-state index in [2.05, 4.69) is 15.0 Å². The van der Waals surface area contributed by atoms with Crippen LogP contribution in [0.15, 0.2) is 24.3 Å². The quantitative estimate of drug-likeness (QED) is 0.891. The third-order valence-electron chi connectivity index (χ3n) is 2.52. The molecule has 1 aromatic heterocycles. The van der Waals surface area contributed by atoms with Gasteiger partial charge in [-0.15, -0.1) is 11.8 Å². The van der Waals surface area contributed by atoms with E-state index in [1.807, 2.05) is 6.92 Å². The number of hydrogen-bond acceptors (Lipinski definition) is 6. The zero-order valence-corrected chi connectivity index (χ0v) is 11.2. The maximum Gasteiger partial charge on any atom is 0.225 e. The molecule has 1 aromatic carbocycles. The molecular weight excluding hydrogens is 265 g/mol. The fourth-order valence-corrected chi connectivity index (χ4v) is 2.43. The van der Waals surface area contributed by atoms with E-state index in [0.717, 1.165) is 5.56 Å². The lowest BCUT2D eigenvalue weighted by molar-refractivity contribution is 0.627. The fraction of sp³-hybridized carbons (Fsp3) is 0.250. The van der Waals surface area contributed by atoms with Crippen molar-refractivity contribution in [3.8, 4) is 0 Å². The molecule has 1 atom stereocenters. The van der Waals surface area contributed by atoms with E-state index in [-0.39, 0.29) is 23.0 Å². The first kappa shape index (κ1) is 13.5. The van der Waals surface area contributed by atoms with Crippen LogP contribution in [0, 0.1) is 5.82 Å². The molecule has 0 amide bonds. The number of benzene rings is 1. The van der Waals surface area contributed by atoms with Gasteiger partial charge in [0, 0.05) is 5.25 Å². The maximum atomic E-state index is 12.8. The van der Waals surface area contributed by atoms with Crippen LogP contribution in [0.2, 0.25) is 0 Å². The van der Waals surface area contributed by atoms with Crippen LogP contribution in [0.4, 0.5) is 16.3 Å². The predicted molar refractivity (Wildman–Crippen MR) is 74.8 cm³/mol. The highest BCUT2D eigenvalue weighted by Crippen LogP contribution is 2.30. The van der Waals surface area contributed by atoms with E-state index in [9.17, 15) is 4.39 Å². The van der Waals surface area contributed by atoms with Crippen LogP contribution in [-0.4, -0.2) is 15.0 Å². The molecule has 0 radical (unpaired) electrons. The van der Waals surface area contributed by atoms with Gasteiger partial charge < -0.3 is 11.5 Å². The Bertz CT molecular complexity index is 540. The van der Waals surface area contributed by atoms with Crippen LogP contribution in [0.1, 0.15) is 23.6 Å². The normalized spacial score (nSPS) is 12.3. The smallest absolute Gasteiger partial charge is 0.225 e. The number of halogens is 1. The zero-order chi connectivity index (χ0) is 13.8. The number of hydrogen-bond donors (Lipinski definition) is 2. The molecule has 0 bridgehead atoms. The van der Waals surface area contributed by atoms with Gasteiger partial charge in [0.15, 0.2) is 0 Å². The van der Waals surface area contributed by atoms with E-state index in [0.29, 0.717) is 11.6 Å². The van der Waals surface area contributed by atoms with E-state index in [1.165, 1.54) is 12.1 Å². The largest absolute Gasteiger partial charge is 0.368 e. The van der Waals surface area contributed by atoms with Crippen molar-refractivity contribution in [3.63, 3.8) is 0 Å². The van der Waals surface area contributed by atoms with Crippen LogP contribution in [0.5, 0.6) is 0 Å². The van der Waals surface area contributed by atoms with E-state index >= 15 is 0 Å². The number of thioether (sulfide) groups is 1. The molecule has 2 rings (SSSR count). The Kier molecular flexibility index (Phi) is 4.16. The summed E-state index contributed by atoms with van der Waals surface area (Å²) >= 11 is 1.62. The van der Waals surface area contributed by atoms with Gasteiger partial charge in [-0.3, -0.25) is 0 Å². The minimum absolute atomic E-state index is 0.123. The molecule has 0 aliphatic heterocycles. The Morgan fingerprint density at radius 1 is 1.11 bits per heavy atom. The summed E-state index contributed by atoms with van der Waals surface area (Å²) in [7, 11) is 0. The molecule has 7 heteroatoms. The van der Waals surface area contributed by atoms with Gasteiger partial charge in [0.05, 0.1) is 5.75 Å². The van der Waals surface area contributed by atoms with Crippen LogP contribution in [-0.2, 0) is 5.75 Å². The van der Waals surface area contributed by atoms with Crippen molar-refractivity contribution in [1.29, 1.82) is 0 Å². The molecule has 0 aliphatic rings. The molecule has 19 heavy (non-hydrogen) atoms. The molecule has 100 valence electrons. The monoisotopic (exact) mass is 279 g/mol. The number of aromatic nitrogens is 3. The first-order valence-electron chi connectivity index (χ1n) is 5.67. The van der Waals surface area contributed by atoms with Crippen LogP contribution in [0.3, 0.4) is 0 Å². The summed E-state index contributed by atoms with van der Waals surface area (Å²) in [4.78, 5) is 11.7. The Hall–Kier alpha value is -1.89. The van der Waals surface area contributed by atoms with Gasteiger partial charge in [-0.2, -0.15) is 15.0 Å². The van der Waals surface area contributed by atoms with E-state index < -0.39 is 0 Å². The van der Waals surface area contributed by atoms with Gasteiger partial charge in [0.25, 0.3) is 0 Å². The lowest BCUT2D eigenvalue weighted by Crippen LogP contribution is -2.06. The van der Waals surface area contributed by atoms with Gasteiger partial charge >= 0.3 is 0 Å². The lowest BCUT2D eigenvalue weighted by atomic mass is 10.2. The fourth-order valence-electron chi connectivity index (χ4n) is 1.55. The third-order valence-corrected chi connectivity index (χ3v) is 3.72. The second kappa shape index (κ2) is 5.83. The number of nitrogen functional groups attached to an aromatic ring is 2. The SMILES string of the molecule is C[C@H](SCc1nc(N)nc(N)n1)c1ccc(F)cc1. The molecule has 0 fully saturated rings. The molecule has 0 unspecified atom stereocenters. The molecule has 0 saturated heterocycles. The van der Waals surface area contributed by atoms with Gasteiger partial charge in [-0.1, -0.05) is 12.1 Å². The Labute approximate surface area is 114 Å². The first-order valence-corrected chi connectivity index (χ1v) is 6.72. The Morgan fingerprint density at radius 3 is 2.26 bits per heavy atom. The highest BCUT2D eigenvalue weighted by molar-refractivity contribution is 7.98. The summed E-state index contributed by atoms with van der Waals surface area (Å²) < 4.78 is 12.8. The average molecular weight is 279 g/mol. The molecule has 0 saturated carbocycles. The highest BCUT2D eigenvalue weighted by Gasteiger charge is 2.09. The van der Waals surface area contributed by atoms with Crippen molar-refractivity contribution in [2.45, 2.75) is 17.9 Å². The summed E-state index contributed by atoms with van der Waals surface area (Å²) in [5, 5.41) is 0.194. The van der Waals surface area contributed by atoms with Crippen molar-refractivity contribution in [2.75, 3.05) is 11.5 Å². The minimum Gasteiger partial charge on any atom is -0.368 e. The van der Waals surface area contributed by atoms with Crippen molar-refractivity contribution in [3.05, 3.63) is 41.5 Å². The van der Waals surface area contributed by atoms with Crippen molar-refractivity contribution < 1.29 is 4.39 Å². The second-order valence-electron chi connectivity index (χ2n) is 3.97. The molecule has 5 nitrogen and oxygen atoms in total. The second-order valence-corrected chi connectivity index (χ2v) is 5.30.